The van der Waals surface area contributed by atoms with E-state index in [4.69, 9.17) is 0 Å². The van der Waals surface area contributed by atoms with Crippen LogP contribution in [0.15, 0.2) is 12.0 Å². The Morgan fingerprint density at radius 1 is 1.57 bits per heavy atom. The molecule has 0 aliphatic carbocycles. The molecule has 0 amide bonds. The maximum Gasteiger partial charge on any atom is 1.00 e. The predicted octanol–water partition coefficient (Wildman–Crippen LogP) is -3.32. The van der Waals surface area contributed by atoms with E-state index in [1.807, 2.05) is 0 Å². The average molecular weight is 114 g/mol. The Kier molecular flexibility index (Phi) is 4.81. The molecule has 0 bridgehead atoms. The molecule has 7 heavy (non-hydrogen) atoms. The van der Waals surface area contributed by atoms with E-state index in [0.717, 1.165) is 0 Å². The van der Waals surface area contributed by atoms with Gasteiger partial charge in [0.25, 0.3) is 0 Å². The molecule has 0 radical (unpaired) electrons. The number of hydrogen-bond donors (Lipinski definition) is 0. The van der Waals surface area contributed by atoms with Crippen molar-refractivity contribution in [2.45, 2.75) is 0 Å². The van der Waals surface area contributed by atoms with Crippen molar-refractivity contribution < 1.29 is 31.8 Å². The fourth-order valence-corrected chi connectivity index (χ4v) is 0. The minimum absolute atomic E-state index is 0. The molecule has 0 spiro atoms. The third kappa shape index (κ3) is 10.7. The van der Waals surface area contributed by atoms with E-state index in [1.165, 1.54) is 0 Å². The van der Waals surface area contributed by atoms with Crippen LogP contribution in [0.5, 0.6) is 0 Å². The molecule has 0 heterocycles. The molecule has 0 saturated heterocycles. The third-order valence-corrected chi connectivity index (χ3v) is 0.612. The summed E-state index contributed by atoms with van der Waals surface area (Å²) < 4.78 is 28.0. The van der Waals surface area contributed by atoms with Crippen molar-refractivity contribution in [3.8, 4) is 0 Å². The molecule has 0 fully saturated rings. The van der Waals surface area contributed by atoms with E-state index in [-0.39, 0.29) is 18.9 Å². The molecule has 0 aromatic rings. The van der Waals surface area contributed by atoms with Crippen LogP contribution in [-0.2, 0) is 10.1 Å². The van der Waals surface area contributed by atoms with Crippen molar-refractivity contribution in [1.29, 1.82) is 0 Å². The Morgan fingerprint density at radius 2 is 1.71 bits per heavy atom. The number of hydrogen-bond acceptors (Lipinski definition) is 3. The van der Waals surface area contributed by atoms with Crippen LogP contribution in [0, 0.1) is 0 Å². The maximum absolute atomic E-state index is 9.33. The fraction of sp³-hybridized carbons (Fsp3) is 0. The van der Waals surface area contributed by atoms with Crippen LogP contribution in [0.4, 0.5) is 0 Å². The first kappa shape index (κ1) is 10.3. The van der Waals surface area contributed by atoms with Gasteiger partial charge in [-0.25, -0.2) is 8.42 Å². The molecular weight excluding hydrogens is 111 g/mol. The van der Waals surface area contributed by atoms with E-state index in [1.54, 1.807) is 0 Å². The van der Waals surface area contributed by atoms with Crippen LogP contribution in [0.3, 0.4) is 0 Å². The SMILES string of the molecule is C=CS(=O)(=O)[O-].[Li+]. The Bertz CT molecular complexity index is 123. The molecule has 36 valence electrons. The van der Waals surface area contributed by atoms with E-state index >= 15 is 0 Å². The first-order valence-electron chi connectivity index (χ1n) is 1.14. The summed E-state index contributed by atoms with van der Waals surface area (Å²) in [5.74, 6) is 0. The molecule has 0 aromatic heterocycles. The summed E-state index contributed by atoms with van der Waals surface area (Å²) in [6.45, 7) is 2.73. The molecule has 0 rings (SSSR count). The molecule has 0 atom stereocenters. The first-order chi connectivity index (χ1) is 2.56. The molecule has 0 aromatic carbocycles. The summed E-state index contributed by atoms with van der Waals surface area (Å²) in [5, 5.41) is 0.354. The van der Waals surface area contributed by atoms with E-state index in [9.17, 15) is 13.0 Å². The standard InChI is InChI=1S/C2H4O3S.Li/c1-2-6(3,4)5;/h2H,1H2,(H,3,4,5);/q;+1/p-1. The molecule has 0 saturated carbocycles. The van der Waals surface area contributed by atoms with Gasteiger partial charge in [0, 0.05) is 5.41 Å². The van der Waals surface area contributed by atoms with E-state index in [2.05, 4.69) is 6.58 Å². The van der Waals surface area contributed by atoms with Gasteiger partial charge in [-0.3, -0.25) is 0 Å². The molecule has 0 N–H and O–H groups in total. The van der Waals surface area contributed by atoms with Crippen LogP contribution in [0.2, 0.25) is 0 Å². The smallest absolute Gasteiger partial charge is 0.745 e. The summed E-state index contributed by atoms with van der Waals surface area (Å²) in [6, 6.07) is 0. The predicted molar refractivity (Wildman–Crippen MR) is 19.9 cm³/mol. The Morgan fingerprint density at radius 3 is 1.71 bits per heavy atom. The normalized spacial score (nSPS) is 9.29. The van der Waals surface area contributed by atoms with E-state index in [0.29, 0.717) is 5.41 Å². The molecule has 5 heteroatoms. The molecule has 0 unspecified atom stereocenters. The van der Waals surface area contributed by atoms with Gasteiger partial charge in [0.05, 0.1) is 0 Å². The minimum atomic E-state index is -4.15. The van der Waals surface area contributed by atoms with Crippen LogP contribution < -0.4 is 18.9 Å². The number of rotatable bonds is 1. The minimum Gasteiger partial charge on any atom is -0.745 e. The van der Waals surface area contributed by atoms with Crippen molar-refractivity contribution in [2.24, 2.45) is 0 Å². The summed E-state index contributed by atoms with van der Waals surface area (Å²) in [4.78, 5) is 0. The van der Waals surface area contributed by atoms with Crippen LogP contribution >= 0.6 is 0 Å². The van der Waals surface area contributed by atoms with Crippen molar-refractivity contribution in [2.75, 3.05) is 0 Å². The molecule has 0 aliphatic rings. The van der Waals surface area contributed by atoms with Gasteiger partial charge in [-0.05, 0) is 0 Å². The van der Waals surface area contributed by atoms with Gasteiger partial charge >= 0.3 is 18.9 Å². The Labute approximate surface area is 54.3 Å². The van der Waals surface area contributed by atoms with E-state index < -0.39 is 10.1 Å². The zero-order valence-electron chi connectivity index (χ0n) is 3.92. The largest absolute Gasteiger partial charge is 1.00 e. The molecular formula is C2H3LiO3S. The topological polar surface area (TPSA) is 57.2 Å². The quantitative estimate of drug-likeness (QED) is 0.265. The Balaban J connectivity index is 0. The maximum atomic E-state index is 9.33. The zero-order chi connectivity index (χ0) is 5.21. The Hall–Kier alpha value is 0.247. The van der Waals surface area contributed by atoms with Crippen molar-refractivity contribution in [3.05, 3.63) is 12.0 Å². The third-order valence-electron chi connectivity index (χ3n) is 0.204. The zero-order valence-corrected chi connectivity index (χ0v) is 4.73. The summed E-state index contributed by atoms with van der Waals surface area (Å²) in [7, 11) is -4.15. The summed E-state index contributed by atoms with van der Waals surface area (Å²) in [6.07, 6.45) is 0. The van der Waals surface area contributed by atoms with Crippen LogP contribution in [0.1, 0.15) is 0 Å². The van der Waals surface area contributed by atoms with Gasteiger partial charge in [-0.2, -0.15) is 0 Å². The summed E-state index contributed by atoms with van der Waals surface area (Å²) >= 11 is 0. The van der Waals surface area contributed by atoms with Crippen LogP contribution in [0.25, 0.3) is 0 Å². The summed E-state index contributed by atoms with van der Waals surface area (Å²) in [5.41, 5.74) is 0. The van der Waals surface area contributed by atoms with Gasteiger partial charge in [0.1, 0.15) is 10.1 Å². The second-order valence-corrected chi connectivity index (χ2v) is 1.98. The average Bonchev–Trinajstić information content (AvgIpc) is 1.35. The monoisotopic (exact) mass is 114 g/mol. The van der Waals surface area contributed by atoms with Crippen molar-refractivity contribution in [1.82, 2.24) is 0 Å². The van der Waals surface area contributed by atoms with Gasteiger partial charge in [-0.15, -0.1) is 0 Å². The molecule has 3 nitrogen and oxygen atoms in total. The van der Waals surface area contributed by atoms with Crippen molar-refractivity contribution in [3.63, 3.8) is 0 Å². The van der Waals surface area contributed by atoms with Gasteiger partial charge in [-0.1, -0.05) is 6.58 Å². The van der Waals surface area contributed by atoms with Crippen molar-refractivity contribution >= 4 is 10.1 Å². The van der Waals surface area contributed by atoms with Gasteiger partial charge in [0.2, 0.25) is 0 Å². The first-order valence-corrected chi connectivity index (χ1v) is 2.62. The van der Waals surface area contributed by atoms with Gasteiger partial charge in [0.15, 0.2) is 0 Å². The van der Waals surface area contributed by atoms with Crippen LogP contribution in [-0.4, -0.2) is 13.0 Å². The van der Waals surface area contributed by atoms with Gasteiger partial charge < -0.3 is 4.55 Å². The fourth-order valence-electron chi connectivity index (χ4n) is 0. The molecule has 0 aliphatic heterocycles. The second kappa shape index (κ2) is 3.28. The second-order valence-electron chi connectivity index (χ2n) is 0.659.